The Morgan fingerprint density at radius 2 is 1.65 bits per heavy atom. The van der Waals surface area contributed by atoms with Crippen molar-refractivity contribution in [1.29, 1.82) is 0 Å². The number of ether oxygens (including phenoxy) is 3. The molecule has 0 saturated carbocycles. The molecule has 0 bridgehead atoms. The van der Waals surface area contributed by atoms with Gasteiger partial charge in [0.1, 0.15) is 18.2 Å². The molecule has 0 amide bonds. The fourth-order valence-corrected chi connectivity index (χ4v) is 3.46. The van der Waals surface area contributed by atoms with E-state index in [1.807, 2.05) is 36.4 Å². The second-order valence-corrected chi connectivity index (χ2v) is 7.11. The molecule has 31 heavy (non-hydrogen) atoms. The molecule has 158 valence electrons. The number of halogens is 2. The molecule has 0 atom stereocenters. The second-order valence-electron chi connectivity index (χ2n) is 6.70. The summed E-state index contributed by atoms with van der Waals surface area (Å²) in [4.78, 5) is 0. The first-order valence-corrected chi connectivity index (χ1v) is 9.91. The van der Waals surface area contributed by atoms with E-state index in [1.165, 1.54) is 12.1 Å². The van der Waals surface area contributed by atoms with Gasteiger partial charge < -0.3 is 14.2 Å². The van der Waals surface area contributed by atoms with Gasteiger partial charge in [-0.3, -0.25) is 0 Å². The normalized spacial score (nSPS) is 10.7. The summed E-state index contributed by atoms with van der Waals surface area (Å²) in [6.07, 6.45) is 1.70. The van der Waals surface area contributed by atoms with Gasteiger partial charge in [-0.25, -0.2) is 9.07 Å². The largest absolute Gasteiger partial charge is 0.496 e. The molecule has 0 spiro atoms. The van der Waals surface area contributed by atoms with Crippen LogP contribution in [0, 0.1) is 5.82 Å². The van der Waals surface area contributed by atoms with Crippen LogP contribution in [0.25, 0.3) is 16.9 Å². The highest BCUT2D eigenvalue weighted by Crippen LogP contribution is 2.41. The zero-order valence-electron chi connectivity index (χ0n) is 17.0. The number of hydrogen-bond acceptors (Lipinski definition) is 4. The van der Waals surface area contributed by atoms with Crippen LogP contribution in [-0.2, 0) is 6.61 Å². The molecule has 0 aliphatic rings. The molecule has 1 heterocycles. The van der Waals surface area contributed by atoms with Crippen molar-refractivity contribution in [2.45, 2.75) is 6.61 Å². The van der Waals surface area contributed by atoms with Crippen LogP contribution in [0.5, 0.6) is 17.2 Å². The smallest absolute Gasteiger partial charge is 0.164 e. The molecule has 0 saturated heterocycles. The zero-order valence-corrected chi connectivity index (χ0v) is 17.8. The molecule has 0 unspecified atom stereocenters. The van der Waals surface area contributed by atoms with Gasteiger partial charge in [0.05, 0.1) is 36.8 Å². The third-order valence-electron chi connectivity index (χ3n) is 4.79. The van der Waals surface area contributed by atoms with Crippen LogP contribution in [0.4, 0.5) is 4.39 Å². The summed E-state index contributed by atoms with van der Waals surface area (Å²) in [5, 5.41) is 5.02. The lowest BCUT2D eigenvalue weighted by Crippen LogP contribution is -2.03. The van der Waals surface area contributed by atoms with Crippen LogP contribution < -0.4 is 14.2 Å². The number of methoxy groups -OCH3 is 2. The maximum Gasteiger partial charge on any atom is 0.164 e. The summed E-state index contributed by atoms with van der Waals surface area (Å²) in [5.41, 5.74) is 3.12. The van der Waals surface area contributed by atoms with Gasteiger partial charge in [-0.05, 0) is 42.0 Å². The molecule has 4 rings (SSSR count). The molecular formula is C24H20ClFN2O3. The summed E-state index contributed by atoms with van der Waals surface area (Å²) in [5.74, 6) is 1.35. The summed E-state index contributed by atoms with van der Waals surface area (Å²) in [6.45, 7) is 0.256. The number of nitrogens with zero attached hydrogens (tertiary/aromatic N) is 2. The lowest BCUT2D eigenvalue weighted by molar-refractivity contribution is 0.283. The van der Waals surface area contributed by atoms with Gasteiger partial charge in [-0.2, -0.15) is 5.10 Å². The van der Waals surface area contributed by atoms with Gasteiger partial charge in [0.15, 0.2) is 11.5 Å². The highest BCUT2D eigenvalue weighted by molar-refractivity contribution is 6.32. The molecule has 1 aromatic heterocycles. The van der Waals surface area contributed by atoms with E-state index in [0.29, 0.717) is 22.3 Å². The van der Waals surface area contributed by atoms with Crippen LogP contribution in [-0.4, -0.2) is 24.0 Å². The van der Waals surface area contributed by atoms with Crippen LogP contribution in [0.1, 0.15) is 5.56 Å². The van der Waals surface area contributed by atoms with Gasteiger partial charge in [0.25, 0.3) is 0 Å². The van der Waals surface area contributed by atoms with Gasteiger partial charge in [0, 0.05) is 11.6 Å². The molecule has 0 fully saturated rings. The topological polar surface area (TPSA) is 45.5 Å². The lowest BCUT2D eigenvalue weighted by Gasteiger charge is -2.17. The maximum absolute atomic E-state index is 13.2. The Balaban J connectivity index is 1.75. The van der Waals surface area contributed by atoms with Gasteiger partial charge in [0.2, 0.25) is 0 Å². The standard InChI is InChI=1S/C24H20ClFN2O3/c1-29-22-14-23(30-2)24(31-15-16-7-9-17(26)10-8-16)13-18(22)20-11-12-27-28(20)21-6-4-3-5-19(21)25/h3-14H,15H2,1-2H3. The van der Waals surface area contributed by atoms with Gasteiger partial charge >= 0.3 is 0 Å². The molecule has 5 nitrogen and oxygen atoms in total. The van der Waals surface area contributed by atoms with Crippen molar-refractivity contribution in [3.63, 3.8) is 0 Å². The third kappa shape index (κ3) is 4.34. The number of hydrogen-bond donors (Lipinski definition) is 0. The van der Waals surface area contributed by atoms with E-state index in [9.17, 15) is 4.39 Å². The molecular weight excluding hydrogens is 419 g/mol. The van der Waals surface area contributed by atoms with E-state index in [2.05, 4.69) is 5.10 Å². The predicted molar refractivity (Wildman–Crippen MR) is 118 cm³/mol. The second kappa shape index (κ2) is 9.10. The quantitative estimate of drug-likeness (QED) is 0.359. The summed E-state index contributed by atoms with van der Waals surface area (Å²) in [6, 6.07) is 19.1. The first-order valence-electron chi connectivity index (χ1n) is 9.53. The summed E-state index contributed by atoms with van der Waals surface area (Å²) < 4.78 is 32.0. The average molecular weight is 439 g/mol. The van der Waals surface area contributed by atoms with E-state index >= 15 is 0 Å². The molecule has 3 aromatic carbocycles. The van der Waals surface area contributed by atoms with E-state index < -0.39 is 0 Å². The summed E-state index contributed by atoms with van der Waals surface area (Å²) in [7, 11) is 3.15. The van der Waals surface area contributed by atoms with Crippen molar-refractivity contribution >= 4 is 11.6 Å². The van der Waals surface area contributed by atoms with Crippen molar-refractivity contribution in [2.24, 2.45) is 0 Å². The molecule has 0 aliphatic carbocycles. The number of aromatic nitrogens is 2. The van der Waals surface area contributed by atoms with Crippen LogP contribution in [0.15, 0.2) is 72.9 Å². The van der Waals surface area contributed by atoms with Crippen molar-refractivity contribution in [2.75, 3.05) is 14.2 Å². The van der Waals surface area contributed by atoms with Crippen molar-refractivity contribution in [3.8, 4) is 34.2 Å². The summed E-state index contributed by atoms with van der Waals surface area (Å²) >= 11 is 6.39. The lowest BCUT2D eigenvalue weighted by atomic mass is 10.1. The molecule has 7 heteroatoms. The third-order valence-corrected chi connectivity index (χ3v) is 5.11. The fraction of sp³-hybridized carbons (Fsp3) is 0.125. The minimum absolute atomic E-state index is 0.256. The Labute approximate surface area is 184 Å². The Kier molecular flexibility index (Phi) is 6.09. The van der Waals surface area contributed by atoms with Crippen LogP contribution in [0.3, 0.4) is 0 Å². The van der Waals surface area contributed by atoms with Gasteiger partial charge in [-0.15, -0.1) is 0 Å². The van der Waals surface area contributed by atoms with Crippen molar-refractivity contribution in [1.82, 2.24) is 9.78 Å². The average Bonchev–Trinajstić information content (AvgIpc) is 3.28. The molecule has 4 aromatic rings. The van der Waals surface area contributed by atoms with Crippen molar-refractivity contribution < 1.29 is 18.6 Å². The first-order chi connectivity index (χ1) is 15.1. The predicted octanol–water partition coefficient (Wildman–Crippen LogP) is 5.93. The minimum atomic E-state index is -0.291. The SMILES string of the molecule is COc1cc(OC)c(-c2ccnn2-c2ccccc2Cl)cc1OCc1ccc(F)cc1. The Bertz CT molecular complexity index is 1190. The highest BCUT2D eigenvalue weighted by Gasteiger charge is 2.18. The molecule has 0 aliphatic heterocycles. The van der Waals surface area contributed by atoms with Crippen molar-refractivity contribution in [3.05, 3.63) is 89.3 Å². The Morgan fingerprint density at radius 3 is 2.35 bits per heavy atom. The number of para-hydroxylation sites is 1. The van der Waals surface area contributed by atoms with E-state index in [4.69, 9.17) is 25.8 Å². The van der Waals surface area contributed by atoms with Gasteiger partial charge in [-0.1, -0.05) is 35.9 Å². The Morgan fingerprint density at radius 1 is 0.903 bits per heavy atom. The number of benzene rings is 3. The minimum Gasteiger partial charge on any atom is -0.496 e. The molecule has 0 radical (unpaired) electrons. The zero-order chi connectivity index (χ0) is 21.8. The molecule has 0 N–H and O–H groups in total. The van der Waals surface area contributed by atoms with E-state index in [1.54, 1.807) is 43.3 Å². The van der Waals surface area contributed by atoms with Crippen LogP contribution in [0.2, 0.25) is 5.02 Å². The first kappa shape index (κ1) is 20.8. The Hall–Kier alpha value is -3.51. The number of rotatable bonds is 7. The van der Waals surface area contributed by atoms with E-state index in [-0.39, 0.29) is 12.4 Å². The maximum atomic E-state index is 13.2. The van der Waals surface area contributed by atoms with Crippen LogP contribution >= 0.6 is 11.6 Å². The monoisotopic (exact) mass is 438 g/mol. The highest BCUT2D eigenvalue weighted by atomic mass is 35.5. The fourth-order valence-electron chi connectivity index (χ4n) is 3.25. The van der Waals surface area contributed by atoms with E-state index in [0.717, 1.165) is 22.5 Å².